The Hall–Kier alpha value is -2.49. The number of carbonyl (C=O) groups is 2. The first-order chi connectivity index (χ1) is 14.4. The summed E-state index contributed by atoms with van der Waals surface area (Å²) in [6.45, 7) is 8.59. The number of ether oxygens (including phenoxy) is 1. The van der Waals surface area contributed by atoms with Crippen LogP contribution in [0.5, 0.6) is 0 Å². The number of likely N-dealkylation sites (N-methyl/N-ethyl adjacent to an activating group) is 1. The Balaban J connectivity index is 1.57. The van der Waals surface area contributed by atoms with Crippen molar-refractivity contribution in [2.75, 3.05) is 33.4 Å². The van der Waals surface area contributed by atoms with Crippen LogP contribution in [-0.2, 0) is 16.1 Å². The number of amides is 3. The molecule has 0 aliphatic carbocycles. The molecule has 2 saturated heterocycles. The van der Waals surface area contributed by atoms with Gasteiger partial charge in [-0.25, -0.2) is 9.69 Å². The first-order valence-corrected chi connectivity index (χ1v) is 10.4. The summed E-state index contributed by atoms with van der Waals surface area (Å²) >= 11 is 0. The van der Waals surface area contributed by atoms with Gasteiger partial charge in [0.25, 0.3) is 5.91 Å². The Bertz CT molecular complexity index is 842. The molecule has 3 atom stereocenters. The number of fused-ring (bicyclic) bond motifs is 3. The number of nitrogens with zero attached hydrogens (tertiary/aromatic N) is 5. The molecule has 3 aliphatic rings. The van der Waals surface area contributed by atoms with Crippen LogP contribution in [0.25, 0.3) is 0 Å². The van der Waals surface area contributed by atoms with E-state index < -0.39 is 6.04 Å². The van der Waals surface area contributed by atoms with Gasteiger partial charge >= 0.3 is 6.03 Å². The molecule has 4 rings (SSSR count). The fourth-order valence-electron chi connectivity index (χ4n) is 4.35. The van der Waals surface area contributed by atoms with Gasteiger partial charge < -0.3 is 9.64 Å². The van der Waals surface area contributed by atoms with Gasteiger partial charge in [-0.3, -0.25) is 20.0 Å². The molecule has 0 bridgehead atoms. The van der Waals surface area contributed by atoms with Gasteiger partial charge in [-0.1, -0.05) is 29.8 Å². The van der Waals surface area contributed by atoms with Gasteiger partial charge in [0.05, 0.1) is 19.7 Å². The predicted octanol–water partition coefficient (Wildman–Crippen LogP) is 1.00. The average Bonchev–Trinajstić information content (AvgIpc) is 3.11. The number of carbonyl (C=O) groups excluding carboxylic acids is 2. The molecular weight excluding hydrogens is 384 g/mol. The third-order valence-corrected chi connectivity index (χ3v) is 5.88. The summed E-state index contributed by atoms with van der Waals surface area (Å²) < 4.78 is 5.49. The number of imide groups is 1. The molecule has 0 spiro atoms. The third-order valence-electron chi connectivity index (χ3n) is 5.88. The van der Waals surface area contributed by atoms with Crippen molar-refractivity contribution in [3.05, 3.63) is 35.4 Å². The number of hydrogen-bond acceptors (Lipinski definition) is 7. The fraction of sp³-hybridized carbons (Fsp3) is 0.571. The lowest BCUT2D eigenvalue weighted by Crippen LogP contribution is -2.66. The van der Waals surface area contributed by atoms with Crippen LogP contribution in [0, 0.1) is 6.92 Å². The molecule has 9 heteroatoms. The first-order valence-electron chi connectivity index (χ1n) is 10.4. The van der Waals surface area contributed by atoms with Gasteiger partial charge in [-0.2, -0.15) is 5.10 Å². The Morgan fingerprint density at radius 2 is 1.93 bits per heavy atom. The highest BCUT2D eigenvalue weighted by Crippen LogP contribution is 2.30. The molecule has 3 aliphatic heterocycles. The lowest BCUT2D eigenvalue weighted by atomic mass is 10.1. The number of hydrogen-bond donors (Lipinski definition) is 1. The predicted molar refractivity (Wildman–Crippen MR) is 112 cm³/mol. The SMILES string of the molecule is CCOCCN1N=C(C)CN2C3C(=O)N(Cc4ccc(C)cc4)C(=O)N(C)C3NC12. The Morgan fingerprint density at radius 3 is 2.63 bits per heavy atom. The minimum atomic E-state index is -0.455. The molecule has 0 aromatic heterocycles. The van der Waals surface area contributed by atoms with Crippen molar-refractivity contribution in [3.63, 3.8) is 0 Å². The fourth-order valence-corrected chi connectivity index (χ4v) is 4.35. The zero-order chi connectivity index (χ0) is 21.4. The van der Waals surface area contributed by atoms with Gasteiger partial charge in [0.1, 0.15) is 12.2 Å². The number of aryl methyl sites for hydroxylation is 1. The van der Waals surface area contributed by atoms with Gasteiger partial charge in [-0.15, -0.1) is 0 Å². The van der Waals surface area contributed by atoms with Crippen molar-refractivity contribution in [2.45, 2.75) is 45.8 Å². The summed E-state index contributed by atoms with van der Waals surface area (Å²) in [5.41, 5.74) is 3.01. The third kappa shape index (κ3) is 3.68. The van der Waals surface area contributed by atoms with Gasteiger partial charge in [0.15, 0.2) is 6.29 Å². The second kappa shape index (κ2) is 8.33. The van der Waals surface area contributed by atoms with Crippen LogP contribution < -0.4 is 5.32 Å². The molecule has 3 heterocycles. The zero-order valence-electron chi connectivity index (χ0n) is 18.0. The van der Waals surface area contributed by atoms with Gasteiger partial charge in [-0.05, 0) is 26.3 Å². The summed E-state index contributed by atoms with van der Waals surface area (Å²) in [5.74, 6) is -0.168. The molecule has 30 heavy (non-hydrogen) atoms. The van der Waals surface area contributed by atoms with E-state index in [0.717, 1.165) is 16.8 Å². The maximum absolute atomic E-state index is 13.5. The molecule has 1 aromatic rings. The normalized spacial score (nSPS) is 26.7. The van der Waals surface area contributed by atoms with E-state index >= 15 is 0 Å². The van der Waals surface area contributed by atoms with E-state index in [1.807, 2.05) is 50.0 Å². The van der Waals surface area contributed by atoms with Crippen LogP contribution in [0.2, 0.25) is 0 Å². The van der Waals surface area contributed by atoms with Crippen molar-refractivity contribution >= 4 is 17.6 Å². The second-order valence-electron chi connectivity index (χ2n) is 8.10. The van der Waals surface area contributed by atoms with Crippen molar-refractivity contribution in [2.24, 2.45) is 5.10 Å². The highest BCUT2D eigenvalue weighted by Gasteiger charge is 2.56. The number of hydrazone groups is 1. The molecule has 9 nitrogen and oxygen atoms in total. The topological polar surface area (TPSA) is 80.7 Å². The van der Waals surface area contributed by atoms with Crippen molar-refractivity contribution in [3.8, 4) is 0 Å². The van der Waals surface area contributed by atoms with Gasteiger partial charge in [0, 0.05) is 25.9 Å². The summed E-state index contributed by atoms with van der Waals surface area (Å²) in [5, 5.41) is 10.0. The number of rotatable bonds is 6. The lowest BCUT2D eigenvalue weighted by molar-refractivity contribution is -0.139. The Kier molecular flexibility index (Phi) is 5.77. The maximum Gasteiger partial charge on any atom is 0.328 e. The van der Waals surface area contributed by atoms with E-state index in [0.29, 0.717) is 26.3 Å². The summed E-state index contributed by atoms with van der Waals surface area (Å²) in [7, 11) is 1.75. The molecule has 3 unspecified atom stereocenters. The van der Waals surface area contributed by atoms with Gasteiger partial charge in [0.2, 0.25) is 0 Å². The standard InChI is InChI=1S/C21H30N6O3/c1-5-30-11-10-27-20-22-18-17(25(20)12-15(3)23-27)19(28)26(21(29)24(18)4)13-16-8-6-14(2)7-9-16/h6-9,17-18,20,22H,5,10-13H2,1-4H3. The van der Waals surface area contributed by atoms with E-state index in [1.54, 1.807) is 11.9 Å². The van der Waals surface area contributed by atoms with Crippen LogP contribution in [0.1, 0.15) is 25.0 Å². The molecule has 1 aromatic carbocycles. The van der Waals surface area contributed by atoms with Crippen LogP contribution in [-0.4, -0.2) is 89.2 Å². The minimum absolute atomic E-state index is 0.168. The monoisotopic (exact) mass is 414 g/mol. The molecule has 3 amide bonds. The number of urea groups is 1. The molecule has 1 N–H and O–H groups in total. The number of benzene rings is 1. The van der Waals surface area contributed by atoms with Crippen molar-refractivity contribution in [1.29, 1.82) is 0 Å². The van der Waals surface area contributed by atoms with E-state index in [4.69, 9.17) is 4.74 Å². The lowest BCUT2D eigenvalue weighted by Gasteiger charge is -2.42. The van der Waals surface area contributed by atoms with Crippen molar-refractivity contribution < 1.29 is 14.3 Å². The van der Waals surface area contributed by atoms with E-state index in [9.17, 15) is 9.59 Å². The second-order valence-corrected chi connectivity index (χ2v) is 8.10. The molecular formula is C21H30N6O3. The van der Waals surface area contributed by atoms with E-state index in [1.165, 1.54) is 4.90 Å². The highest BCUT2D eigenvalue weighted by molar-refractivity contribution is 6.01. The van der Waals surface area contributed by atoms with E-state index in [-0.39, 0.29) is 30.9 Å². The van der Waals surface area contributed by atoms with E-state index in [2.05, 4.69) is 15.3 Å². The Labute approximate surface area is 177 Å². The van der Waals surface area contributed by atoms with Crippen LogP contribution >= 0.6 is 0 Å². The van der Waals surface area contributed by atoms with Crippen LogP contribution in [0.4, 0.5) is 4.79 Å². The molecule has 162 valence electrons. The zero-order valence-corrected chi connectivity index (χ0v) is 18.0. The minimum Gasteiger partial charge on any atom is -0.380 e. The largest absolute Gasteiger partial charge is 0.380 e. The molecule has 2 fully saturated rings. The summed E-state index contributed by atoms with van der Waals surface area (Å²) in [4.78, 5) is 31.6. The summed E-state index contributed by atoms with van der Waals surface area (Å²) in [6, 6.07) is 7.18. The average molecular weight is 415 g/mol. The summed E-state index contributed by atoms with van der Waals surface area (Å²) in [6.07, 6.45) is -0.636. The van der Waals surface area contributed by atoms with Crippen molar-refractivity contribution in [1.82, 2.24) is 25.0 Å². The highest BCUT2D eigenvalue weighted by atomic mass is 16.5. The molecule has 0 saturated carbocycles. The van der Waals surface area contributed by atoms with Crippen LogP contribution in [0.3, 0.4) is 0 Å². The maximum atomic E-state index is 13.5. The number of nitrogens with one attached hydrogen (secondary N) is 1. The quantitative estimate of drug-likeness (QED) is 0.700. The Morgan fingerprint density at radius 1 is 1.20 bits per heavy atom. The first kappa shape index (κ1) is 20.8. The van der Waals surface area contributed by atoms with Crippen LogP contribution in [0.15, 0.2) is 29.4 Å². The molecule has 0 radical (unpaired) electrons. The smallest absolute Gasteiger partial charge is 0.328 e.